The Hall–Kier alpha value is -1.80. The maximum atomic E-state index is 15.0. The standard InChI is InChI=1S/C23H25ClFIN2O2/c1-27-20(23(29)30-15-16-8-4-2-5-9-16)14-28(17-10-6-3-7-11-17)22-19(26)13-12-18(24)21(22)25/h2,4-5,8-9,12-14,17,27H,3,6-7,10-11,15H2,1H3/b20-14-. The average Bonchev–Trinajstić information content (AvgIpc) is 2.78. The van der Waals surface area contributed by atoms with Crippen LogP contribution in [0.15, 0.2) is 54.4 Å². The first kappa shape index (κ1) is 22.9. The van der Waals surface area contributed by atoms with Gasteiger partial charge in [-0.3, -0.25) is 0 Å². The molecule has 3 rings (SSSR count). The number of benzene rings is 2. The summed E-state index contributed by atoms with van der Waals surface area (Å²) in [5.41, 5.74) is 1.58. The number of ether oxygens (including phenoxy) is 1. The highest BCUT2D eigenvalue weighted by Gasteiger charge is 2.27. The molecule has 4 nitrogen and oxygen atoms in total. The van der Waals surface area contributed by atoms with E-state index in [4.69, 9.17) is 16.3 Å². The van der Waals surface area contributed by atoms with Crippen LogP contribution in [0.1, 0.15) is 37.7 Å². The zero-order chi connectivity index (χ0) is 21.5. The molecule has 0 radical (unpaired) electrons. The van der Waals surface area contributed by atoms with Gasteiger partial charge in [0.05, 0.1) is 10.7 Å². The molecule has 1 aliphatic carbocycles. The molecule has 0 saturated heterocycles. The summed E-state index contributed by atoms with van der Waals surface area (Å²) < 4.78 is 21.3. The molecular formula is C23H25ClFIN2O2. The number of carbonyl (C=O) groups is 1. The zero-order valence-corrected chi connectivity index (χ0v) is 19.7. The minimum atomic E-state index is -0.486. The van der Waals surface area contributed by atoms with E-state index in [1.165, 1.54) is 6.42 Å². The Kier molecular flexibility index (Phi) is 8.39. The number of nitrogens with zero attached hydrogens (tertiary/aromatic N) is 1. The number of likely N-dealkylation sites (N-methyl/N-ethyl adjacent to an activating group) is 1. The van der Waals surface area contributed by atoms with Crippen LogP contribution in [-0.2, 0) is 16.1 Å². The van der Waals surface area contributed by atoms with Gasteiger partial charge in [-0.2, -0.15) is 0 Å². The zero-order valence-electron chi connectivity index (χ0n) is 16.8. The van der Waals surface area contributed by atoms with E-state index < -0.39 is 11.8 Å². The van der Waals surface area contributed by atoms with Gasteiger partial charge in [-0.15, -0.1) is 0 Å². The summed E-state index contributed by atoms with van der Waals surface area (Å²) in [6.45, 7) is 0.172. The largest absolute Gasteiger partial charge is 0.456 e. The monoisotopic (exact) mass is 542 g/mol. The van der Waals surface area contributed by atoms with Crippen LogP contribution in [0.25, 0.3) is 0 Å². The fourth-order valence-electron chi connectivity index (χ4n) is 3.62. The predicted octanol–water partition coefficient (Wildman–Crippen LogP) is 6.03. The minimum absolute atomic E-state index is 0.0669. The van der Waals surface area contributed by atoms with Gasteiger partial charge in [0, 0.05) is 22.9 Å². The van der Waals surface area contributed by atoms with Crippen molar-refractivity contribution >= 4 is 45.8 Å². The summed E-state index contributed by atoms with van der Waals surface area (Å²) >= 11 is 8.19. The van der Waals surface area contributed by atoms with Crippen molar-refractivity contribution in [3.05, 3.63) is 74.3 Å². The van der Waals surface area contributed by atoms with Crippen LogP contribution in [0.2, 0.25) is 5.02 Å². The van der Waals surface area contributed by atoms with E-state index in [9.17, 15) is 4.79 Å². The van der Waals surface area contributed by atoms with Gasteiger partial charge in [-0.25, -0.2) is 9.18 Å². The van der Waals surface area contributed by atoms with Crippen molar-refractivity contribution in [2.24, 2.45) is 0 Å². The smallest absolute Gasteiger partial charge is 0.356 e. The Balaban J connectivity index is 1.90. The molecule has 0 bridgehead atoms. The summed E-state index contributed by atoms with van der Waals surface area (Å²) in [4.78, 5) is 14.6. The Labute approximate surface area is 195 Å². The fourth-order valence-corrected chi connectivity index (χ4v) is 4.47. The van der Waals surface area contributed by atoms with Gasteiger partial charge in [0.2, 0.25) is 0 Å². The molecule has 1 saturated carbocycles. The molecule has 0 aromatic heterocycles. The van der Waals surface area contributed by atoms with Crippen molar-refractivity contribution in [3.8, 4) is 0 Å². The molecule has 2 aromatic carbocycles. The highest BCUT2D eigenvalue weighted by atomic mass is 127. The highest BCUT2D eigenvalue weighted by Crippen LogP contribution is 2.36. The molecule has 1 aliphatic rings. The van der Waals surface area contributed by atoms with Crippen LogP contribution in [0.3, 0.4) is 0 Å². The van der Waals surface area contributed by atoms with Gasteiger partial charge < -0.3 is 15.0 Å². The summed E-state index contributed by atoms with van der Waals surface area (Å²) in [7, 11) is 1.66. The maximum absolute atomic E-state index is 15.0. The Morgan fingerprint density at radius 2 is 1.93 bits per heavy atom. The number of rotatable bonds is 7. The van der Waals surface area contributed by atoms with Crippen molar-refractivity contribution in [1.29, 1.82) is 0 Å². The van der Waals surface area contributed by atoms with Crippen LogP contribution in [0, 0.1) is 9.39 Å². The van der Waals surface area contributed by atoms with Crippen LogP contribution >= 0.6 is 34.2 Å². The molecule has 0 unspecified atom stereocenters. The lowest BCUT2D eigenvalue weighted by molar-refractivity contribution is -0.140. The first-order chi connectivity index (χ1) is 14.5. The third-order valence-electron chi connectivity index (χ3n) is 5.22. The molecule has 30 heavy (non-hydrogen) atoms. The number of hydrogen-bond acceptors (Lipinski definition) is 4. The fraction of sp³-hybridized carbons (Fsp3) is 0.348. The van der Waals surface area contributed by atoms with Gasteiger partial charge in [0.25, 0.3) is 0 Å². The van der Waals surface area contributed by atoms with Crippen molar-refractivity contribution in [1.82, 2.24) is 5.32 Å². The second kappa shape index (κ2) is 11.0. The summed E-state index contributed by atoms with van der Waals surface area (Å²) in [5.74, 6) is -0.960. The molecule has 0 amide bonds. The molecule has 0 heterocycles. The van der Waals surface area contributed by atoms with E-state index >= 15 is 4.39 Å². The molecule has 0 atom stereocenters. The molecule has 1 fully saturated rings. The second-order valence-electron chi connectivity index (χ2n) is 7.25. The molecule has 2 aromatic rings. The summed E-state index contributed by atoms with van der Waals surface area (Å²) in [6.07, 6.45) is 6.83. The predicted molar refractivity (Wildman–Crippen MR) is 127 cm³/mol. The maximum Gasteiger partial charge on any atom is 0.356 e. The SMILES string of the molecule is CN/C(=C\N(c1c(I)ccc(Cl)c1F)C1CCCCC1)C(=O)OCc1ccccc1. The topological polar surface area (TPSA) is 41.6 Å². The molecule has 0 aliphatic heterocycles. The summed E-state index contributed by atoms with van der Waals surface area (Å²) in [5, 5.41) is 2.98. The van der Waals surface area contributed by atoms with Crippen LogP contribution in [0.4, 0.5) is 10.1 Å². The van der Waals surface area contributed by atoms with Crippen LogP contribution in [0.5, 0.6) is 0 Å². The van der Waals surface area contributed by atoms with Crippen LogP contribution < -0.4 is 10.2 Å². The lowest BCUT2D eigenvalue weighted by Gasteiger charge is -2.35. The number of anilines is 1. The second-order valence-corrected chi connectivity index (χ2v) is 8.81. The quantitative estimate of drug-likeness (QED) is 0.201. The van der Waals surface area contributed by atoms with Crippen LogP contribution in [-0.4, -0.2) is 19.1 Å². The van der Waals surface area contributed by atoms with Gasteiger partial charge >= 0.3 is 5.97 Å². The molecule has 1 N–H and O–H groups in total. The van der Waals surface area contributed by atoms with Gasteiger partial charge in [-0.05, 0) is 53.1 Å². The van der Waals surface area contributed by atoms with Crippen molar-refractivity contribution < 1.29 is 13.9 Å². The first-order valence-corrected chi connectivity index (χ1v) is 11.5. The van der Waals surface area contributed by atoms with Crippen molar-refractivity contribution in [2.45, 2.75) is 44.8 Å². The lowest BCUT2D eigenvalue weighted by atomic mass is 9.94. The molecule has 160 valence electrons. The van der Waals surface area contributed by atoms with E-state index in [1.807, 2.05) is 35.2 Å². The Morgan fingerprint density at radius 3 is 2.60 bits per heavy atom. The number of nitrogens with one attached hydrogen (secondary N) is 1. The van der Waals surface area contributed by atoms with E-state index in [2.05, 4.69) is 27.9 Å². The normalized spacial score (nSPS) is 15.0. The van der Waals surface area contributed by atoms with Crippen molar-refractivity contribution in [2.75, 3.05) is 11.9 Å². The third kappa shape index (κ3) is 5.66. The Bertz CT molecular complexity index is 902. The number of carbonyl (C=O) groups excluding carboxylic acids is 1. The average molecular weight is 543 g/mol. The third-order valence-corrected chi connectivity index (χ3v) is 6.38. The number of hydrogen-bond donors (Lipinski definition) is 1. The van der Waals surface area contributed by atoms with Crippen molar-refractivity contribution in [3.63, 3.8) is 0 Å². The lowest BCUT2D eigenvalue weighted by Crippen LogP contribution is -2.36. The number of halogens is 3. The van der Waals surface area contributed by atoms with E-state index in [-0.39, 0.29) is 23.4 Å². The summed E-state index contributed by atoms with van der Waals surface area (Å²) in [6, 6.07) is 12.9. The van der Waals surface area contributed by atoms with Gasteiger partial charge in [0.15, 0.2) is 5.82 Å². The van der Waals surface area contributed by atoms with E-state index in [0.29, 0.717) is 5.69 Å². The number of esters is 1. The first-order valence-electron chi connectivity index (χ1n) is 10.0. The van der Waals surface area contributed by atoms with E-state index in [0.717, 1.165) is 34.8 Å². The van der Waals surface area contributed by atoms with Gasteiger partial charge in [0.1, 0.15) is 12.3 Å². The highest BCUT2D eigenvalue weighted by molar-refractivity contribution is 14.1. The Morgan fingerprint density at radius 1 is 1.23 bits per heavy atom. The van der Waals surface area contributed by atoms with Gasteiger partial charge in [-0.1, -0.05) is 61.2 Å². The molecule has 0 spiro atoms. The van der Waals surface area contributed by atoms with E-state index in [1.54, 1.807) is 25.4 Å². The minimum Gasteiger partial charge on any atom is -0.456 e. The molecule has 7 heteroatoms. The molecular weight excluding hydrogens is 518 g/mol.